The van der Waals surface area contributed by atoms with E-state index in [0.717, 1.165) is 38.2 Å². The molecule has 2 aliphatic rings. The van der Waals surface area contributed by atoms with E-state index in [1.807, 2.05) is 6.07 Å². The zero-order chi connectivity index (χ0) is 14.2. The first kappa shape index (κ1) is 16.3. The van der Waals surface area contributed by atoms with Crippen LogP contribution in [0, 0.1) is 0 Å². The molecule has 1 atom stereocenters. The van der Waals surface area contributed by atoms with Gasteiger partial charge in [0.15, 0.2) is 11.5 Å². The maximum atomic E-state index is 13.0. The third-order valence-electron chi connectivity index (χ3n) is 3.79. The number of fused-ring (bicyclic) bond motifs is 1. The van der Waals surface area contributed by atoms with Gasteiger partial charge in [0.2, 0.25) is 0 Å². The summed E-state index contributed by atoms with van der Waals surface area (Å²) in [6.07, 6.45) is -2.62. The summed E-state index contributed by atoms with van der Waals surface area (Å²) in [6, 6.07) is 5.31. The second-order valence-corrected chi connectivity index (χ2v) is 5.08. The molecule has 1 saturated heterocycles. The summed E-state index contributed by atoms with van der Waals surface area (Å²) >= 11 is 0. The molecule has 21 heavy (non-hydrogen) atoms. The van der Waals surface area contributed by atoms with Crippen molar-refractivity contribution in [3.63, 3.8) is 0 Å². The number of halogens is 3. The Morgan fingerprint density at radius 1 is 1.24 bits per heavy atom. The van der Waals surface area contributed by atoms with Gasteiger partial charge in [0.1, 0.15) is 0 Å². The monoisotopic (exact) mass is 320 g/mol. The zero-order valence-electron chi connectivity index (χ0n) is 11.8. The highest BCUT2D eigenvalue weighted by molar-refractivity contribution is 5.85. The van der Waals surface area contributed by atoms with Gasteiger partial charge in [0, 0.05) is 32.2 Å². The minimum absolute atomic E-state index is 0. The number of hydrogen-bond donors (Lipinski definition) is 1. The smallest absolute Gasteiger partial charge is 0.395 e. The van der Waals surface area contributed by atoms with Crippen molar-refractivity contribution < 1.29 is 18.3 Å². The summed E-state index contributed by atoms with van der Waals surface area (Å²) in [5.74, 6) is 0.231. The topological polar surface area (TPSA) is 33.7 Å². The van der Waals surface area contributed by atoms with E-state index in [-0.39, 0.29) is 29.9 Å². The van der Waals surface area contributed by atoms with Gasteiger partial charge >= 0.3 is 6.29 Å². The van der Waals surface area contributed by atoms with Crippen LogP contribution in [0.25, 0.3) is 0 Å². The van der Waals surface area contributed by atoms with Crippen LogP contribution < -0.4 is 14.8 Å². The minimum Gasteiger partial charge on any atom is -0.395 e. The Bertz CT molecular complexity index is 496. The molecular weight excluding hydrogens is 302 g/mol. The number of alkyl halides is 2. The van der Waals surface area contributed by atoms with Gasteiger partial charge in [-0.1, -0.05) is 13.0 Å². The molecule has 1 aromatic rings. The van der Waals surface area contributed by atoms with Gasteiger partial charge in [0.25, 0.3) is 0 Å². The molecule has 0 amide bonds. The Morgan fingerprint density at radius 2 is 1.90 bits per heavy atom. The lowest BCUT2D eigenvalue weighted by Gasteiger charge is -2.34. The summed E-state index contributed by atoms with van der Waals surface area (Å²) in [5.41, 5.74) is 0.995. The Morgan fingerprint density at radius 3 is 2.57 bits per heavy atom. The molecule has 2 heterocycles. The van der Waals surface area contributed by atoms with E-state index in [2.05, 4.69) is 26.6 Å². The van der Waals surface area contributed by atoms with Crippen LogP contribution in [0.1, 0.15) is 24.9 Å². The number of hydrogen-bond acceptors (Lipinski definition) is 4. The van der Waals surface area contributed by atoms with Gasteiger partial charge in [0.05, 0.1) is 0 Å². The predicted molar refractivity (Wildman–Crippen MR) is 77.4 cm³/mol. The van der Waals surface area contributed by atoms with Crippen molar-refractivity contribution >= 4 is 12.4 Å². The lowest BCUT2D eigenvalue weighted by Crippen LogP contribution is -2.45. The van der Waals surface area contributed by atoms with Crippen LogP contribution in [0.2, 0.25) is 0 Å². The number of piperazine rings is 1. The molecule has 1 aromatic carbocycles. The van der Waals surface area contributed by atoms with Crippen LogP contribution in [0.4, 0.5) is 8.78 Å². The van der Waals surface area contributed by atoms with Crippen LogP contribution in [-0.4, -0.2) is 37.4 Å². The fourth-order valence-electron chi connectivity index (χ4n) is 2.87. The maximum Gasteiger partial charge on any atom is 0.586 e. The van der Waals surface area contributed by atoms with E-state index in [1.54, 1.807) is 12.1 Å². The van der Waals surface area contributed by atoms with Gasteiger partial charge in [-0.2, -0.15) is 0 Å². The molecular formula is C14H19ClF2N2O2. The number of rotatable bonds is 3. The van der Waals surface area contributed by atoms with Crippen molar-refractivity contribution in [2.24, 2.45) is 0 Å². The van der Waals surface area contributed by atoms with Crippen LogP contribution in [-0.2, 0) is 0 Å². The van der Waals surface area contributed by atoms with E-state index in [9.17, 15) is 8.78 Å². The summed E-state index contributed by atoms with van der Waals surface area (Å²) in [5, 5.41) is 3.31. The first-order chi connectivity index (χ1) is 9.59. The molecule has 0 unspecified atom stereocenters. The van der Waals surface area contributed by atoms with Gasteiger partial charge < -0.3 is 14.8 Å². The Balaban J connectivity index is 0.00000161. The first-order valence-electron chi connectivity index (χ1n) is 6.93. The van der Waals surface area contributed by atoms with Crippen molar-refractivity contribution in [3.8, 4) is 11.5 Å². The Kier molecular flexibility index (Phi) is 4.91. The van der Waals surface area contributed by atoms with Crippen LogP contribution >= 0.6 is 12.4 Å². The van der Waals surface area contributed by atoms with Crippen LogP contribution in [0.3, 0.4) is 0 Å². The van der Waals surface area contributed by atoms with Gasteiger partial charge in [-0.25, -0.2) is 0 Å². The van der Waals surface area contributed by atoms with E-state index < -0.39 is 6.29 Å². The lowest BCUT2D eigenvalue weighted by atomic mass is 10.0. The SMILES string of the molecule is CC[C@H](c1ccc2c(c1)OC(F)(F)O2)N1CCNCC1.Cl. The summed E-state index contributed by atoms with van der Waals surface area (Å²) < 4.78 is 35.0. The summed E-state index contributed by atoms with van der Waals surface area (Å²) in [4.78, 5) is 2.37. The molecule has 1 N–H and O–H groups in total. The molecule has 2 aliphatic heterocycles. The fraction of sp³-hybridized carbons (Fsp3) is 0.571. The highest BCUT2D eigenvalue weighted by Gasteiger charge is 2.43. The molecule has 0 radical (unpaired) electrons. The van der Waals surface area contributed by atoms with Crippen molar-refractivity contribution in [1.82, 2.24) is 10.2 Å². The van der Waals surface area contributed by atoms with Crippen LogP contribution in [0.15, 0.2) is 18.2 Å². The van der Waals surface area contributed by atoms with E-state index in [0.29, 0.717) is 0 Å². The average Bonchev–Trinajstić information content (AvgIpc) is 2.74. The second-order valence-electron chi connectivity index (χ2n) is 5.08. The lowest BCUT2D eigenvalue weighted by molar-refractivity contribution is -0.286. The van der Waals surface area contributed by atoms with Gasteiger partial charge in [-0.05, 0) is 24.1 Å². The summed E-state index contributed by atoms with van der Waals surface area (Å²) in [7, 11) is 0. The normalized spacial score (nSPS) is 21.7. The number of benzene rings is 1. The van der Waals surface area contributed by atoms with E-state index in [4.69, 9.17) is 0 Å². The Labute approximate surface area is 128 Å². The molecule has 0 spiro atoms. The fourth-order valence-corrected chi connectivity index (χ4v) is 2.87. The third-order valence-corrected chi connectivity index (χ3v) is 3.79. The minimum atomic E-state index is -3.54. The van der Waals surface area contributed by atoms with Crippen molar-refractivity contribution in [1.29, 1.82) is 0 Å². The largest absolute Gasteiger partial charge is 0.586 e. The molecule has 0 saturated carbocycles. The molecule has 0 aliphatic carbocycles. The third kappa shape index (κ3) is 3.39. The van der Waals surface area contributed by atoms with Gasteiger partial charge in [-0.15, -0.1) is 21.2 Å². The molecule has 0 aromatic heterocycles. The quantitative estimate of drug-likeness (QED) is 0.928. The van der Waals surface area contributed by atoms with E-state index in [1.165, 1.54) is 0 Å². The molecule has 3 rings (SSSR count). The predicted octanol–water partition coefficient (Wildman–Crippen LogP) is 2.79. The number of nitrogens with zero attached hydrogens (tertiary/aromatic N) is 1. The van der Waals surface area contributed by atoms with Crippen molar-refractivity contribution in [3.05, 3.63) is 23.8 Å². The molecule has 118 valence electrons. The molecule has 0 bridgehead atoms. The van der Waals surface area contributed by atoms with E-state index >= 15 is 0 Å². The van der Waals surface area contributed by atoms with Gasteiger partial charge in [-0.3, -0.25) is 4.90 Å². The van der Waals surface area contributed by atoms with Crippen molar-refractivity contribution in [2.45, 2.75) is 25.7 Å². The molecule has 1 fully saturated rings. The second kappa shape index (κ2) is 6.34. The standard InChI is InChI=1S/C14H18F2N2O2.ClH/c1-2-11(18-7-5-17-6-8-18)10-3-4-12-13(9-10)20-14(15,16)19-12;/h3-4,9,11,17H,2,5-8H2,1H3;1H/t11-;/m1./s1. The van der Waals surface area contributed by atoms with Crippen molar-refractivity contribution in [2.75, 3.05) is 26.2 Å². The molecule has 7 heteroatoms. The number of nitrogens with one attached hydrogen (secondary N) is 1. The summed E-state index contributed by atoms with van der Waals surface area (Å²) in [6.45, 7) is 5.94. The number of ether oxygens (including phenoxy) is 2. The average molecular weight is 321 g/mol. The first-order valence-corrected chi connectivity index (χ1v) is 6.93. The highest BCUT2D eigenvalue weighted by atomic mass is 35.5. The van der Waals surface area contributed by atoms with Crippen LogP contribution in [0.5, 0.6) is 11.5 Å². The molecule has 4 nitrogen and oxygen atoms in total. The zero-order valence-corrected chi connectivity index (χ0v) is 12.6. The Hall–Kier alpha value is -1.11. The maximum absolute atomic E-state index is 13.0. The highest BCUT2D eigenvalue weighted by Crippen LogP contribution is 2.42.